The van der Waals surface area contributed by atoms with E-state index in [1.807, 2.05) is 0 Å². The lowest BCUT2D eigenvalue weighted by atomic mass is 10.1. The summed E-state index contributed by atoms with van der Waals surface area (Å²) in [5.41, 5.74) is 0.727. The molecule has 1 N–H and O–H groups in total. The van der Waals surface area contributed by atoms with Crippen LogP contribution in [-0.4, -0.2) is 15.1 Å². The minimum atomic E-state index is -4.44. The van der Waals surface area contributed by atoms with E-state index in [0.717, 1.165) is 12.3 Å². The van der Waals surface area contributed by atoms with Crippen LogP contribution in [0, 0.1) is 0 Å². The van der Waals surface area contributed by atoms with E-state index in [9.17, 15) is 13.2 Å². The minimum absolute atomic E-state index is 0.220. The van der Waals surface area contributed by atoms with Gasteiger partial charge in [0.05, 0.1) is 12.3 Å². The van der Waals surface area contributed by atoms with Gasteiger partial charge in [-0.25, -0.2) is 0 Å². The molecule has 0 unspecified atom stereocenters. The van der Waals surface area contributed by atoms with E-state index < -0.39 is 11.9 Å². The molecule has 0 aromatic carbocycles. The smallest absolute Gasteiger partial charge is 0.390 e. The van der Waals surface area contributed by atoms with Crippen molar-refractivity contribution in [1.29, 1.82) is 0 Å². The molecular formula is C12H9F3N2O. The predicted molar refractivity (Wildman–Crippen MR) is 58.4 cm³/mol. The topological polar surface area (TPSA) is 46.0 Å². The van der Waals surface area contributed by atoms with Crippen molar-refractivity contribution in [3.63, 3.8) is 0 Å². The molecule has 0 radical (unpaired) electrons. The molecule has 0 spiro atoms. The van der Waals surface area contributed by atoms with Gasteiger partial charge in [-0.2, -0.15) is 13.2 Å². The highest BCUT2D eigenvalue weighted by Crippen LogP contribution is 2.28. The van der Waals surface area contributed by atoms with E-state index >= 15 is 0 Å². The number of alkyl halides is 3. The molecular weight excluding hydrogens is 245 g/mol. The van der Waals surface area contributed by atoms with Crippen LogP contribution in [0.3, 0.4) is 0 Å². The summed E-state index contributed by atoms with van der Waals surface area (Å²) in [5, 5.41) is 8.93. The van der Waals surface area contributed by atoms with Gasteiger partial charge in [-0.15, -0.1) is 0 Å². The fourth-order valence-electron chi connectivity index (χ4n) is 1.48. The van der Waals surface area contributed by atoms with E-state index in [2.05, 4.69) is 9.97 Å². The van der Waals surface area contributed by atoms with Crippen molar-refractivity contribution < 1.29 is 18.3 Å². The lowest BCUT2D eigenvalue weighted by molar-refractivity contribution is -0.141. The van der Waals surface area contributed by atoms with Gasteiger partial charge < -0.3 is 5.11 Å². The van der Waals surface area contributed by atoms with Crippen LogP contribution in [0.4, 0.5) is 13.2 Å². The molecule has 0 fully saturated rings. The van der Waals surface area contributed by atoms with Gasteiger partial charge in [0.15, 0.2) is 0 Å². The Hall–Kier alpha value is -1.95. The zero-order valence-corrected chi connectivity index (χ0v) is 9.15. The third-order valence-electron chi connectivity index (χ3n) is 2.37. The molecule has 18 heavy (non-hydrogen) atoms. The average Bonchev–Trinajstić information content (AvgIpc) is 2.38. The molecule has 2 aromatic heterocycles. The van der Waals surface area contributed by atoms with E-state index in [1.165, 1.54) is 12.3 Å². The summed E-state index contributed by atoms with van der Waals surface area (Å²) < 4.78 is 37.0. The Labute approximate surface area is 101 Å². The van der Waals surface area contributed by atoms with Crippen molar-refractivity contribution in [1.82, 2.24) is 9.97 Å². The lowest BCUT2D eigenvalue weighted by Crippen LogP contribution is -2.07. The van der Waals surface area contributed by atoms with Gasteiger partial charge in [-0.3, -0.25) is 9.97 Å². The molecule has 94 valence electrons. The Morgan fingerprint density at radius 1 is 1.06 bits per heavy atom. The van der Waals surface area contributed by atoms with Crippen LogP contribution in [0.5, 0.6) is 0 Å². The summed E-state index contributed by atoms with van der Waals surface area (Å²) >= 11 is 0. The number of pyridine rings is 2. The highest BCUT2D eigenvalue weighted by Gasteiger charge is 2.32. The Balaban J connectivity index is 2.34. The Morgan fingerprint density at radius 3 is 2.39 bits per heavy atom. The van der Waals surface area contributed by atoms with Gasteiger partial charge in [0.1, 0.15) is 5.69 Å². The number of halogens is 3. The van der Waals surface area contributed by atoms with Gasteiger partial charge in [0.25, 0.3) is 0 Å². The van der Waals surface area contributed by atoms with Crippen LogP contribution >= 0.6 is 0 Å². The second kappa shape index (κ2) is 4.73. The largest absolute Gasteiger partial charge is 0.433 e. The minimum Gasteiger partial charge on any atom is -0.390 e. The molecule has 3 nitrogen and oxygen atoms in total. The molecule has 2 heterocycles. The average molecular weight is 254 g/mol. The van der Waals surface area contributed by atoms with Crippen LogP contribution in [-0.2, 0) is 12.8 Å². The van der Waals surface area contributed by atoms with E-state index in [-0.39, 0.29) is 6.61 Å². The van der Waals surface area contributed by atoms with Crippen LogP contribution < -0.4 is 0 Å². The van der Waals surface area contributed by atoms with Gasteiger partial charge in [0, 0.05) is 18.0 Å². The maximum atomic E-state index is 12.3. The van der Waals surface area contributed by atoms with E-state index in [4.69, 9.17) is 5.11 Å². The zero-order chi connectivity index (χ0) is 13.2. The van der Waals surface area contributed by atoms with Crippen LogP contribution in [0.15, 0.2) is 36.7 Å². The number of hydrogen-bond acceptors (Lipinski definition) is 3. The Kier molecular flexibility index (Phi) is 3.29. The monoisotopic (exact) mass is 254 g/mol. The Bertz CT molecular complexity index is 538. The first-order chi connectivity index (χ1) is 8.50. The normalized spacial score (nSPS) is 11.6. The van der Waals surface area contributed by atoms with E-state index in [0.29, 0.717) is 16.8 Å². The van der Waals surface area contributed by atoms with Gasteiger partial charge in [-0.1, -0.05) is 6.07 Å². The molecule has 2 aromatic rings. The molecule has 2 rings (SSSR count). The number of aliphatic hydroxyl groups is 1. The quantitative estimate of drug-likeness (QED) is 0.896. The van der Waals surface area contributed by atoms with Crippen molar-refractivity contribution in [2.45, 2.75) is 12.8 Å². The summed E-state index contributed by atoms with van der Waals surface area (Å²) in [5.74, 6) is 0. The zero-order valence-electron chi connectivity index (χ0n) is 9.15. The molecule has 0 amide bonds. The van der Waals surface area contributed by atoms with Crippen molar-refractivity contribution in [2.24, 2.45) is 0 Å². The summed E-state index contributed by atoms with van der Waals surface area (Å²) in [4.78, 5) is 7.26. The molecule has 0 aliphatic rings. The number of aromatic nitrogens is 2. The SMILES string of the molecule is OCc1cc(-c2ccc(C(F)(F)F)nc2)ccn1. The van der Waals surface area contributed by atoms with Crippen molar-refractivity contribution >= 4 is 0 Å². The highest BCUT2D eigenvalue weighted by molar-refractivity contribution is 5.62. The van der Waals surface area contributed by atoms with Crippen molar-refractivity contribution in [2.75, 3.05) is 0 Å². The lowest BCUT2D eigenvalue weighted by Gasteiger charge is -2.07. The van der Waals surface area contributed by atoms with Crippen LogP contribution in [0.2, 0.25) is 0 Å². The van der Waals surface area contributed by atoms with Gasteiger partial charge in [0.2, 0.25) is 0 Å². The predicted octanol–water partition coefficient (Wildman–Crippen LogP) is 2.65. The molecule has 0 saturated heterocycles. The van der Waals surface area contributed by atoms with Crippen molar-refractivity contribution in [3.05, 3.63) is 48.0 Å². The Morgan fingerprint density at radius 2 is 1.83 bits per heavy atom. The first kappa shape index (κ1) is 12.5. The number of nitrogens with zero attached hydrogens (tertiary/aromatic N) is 2. The molecule has 6 heteroatoms. The van der Waals surface area contributed by atoms with Crippen LogP contribution in [0.1, 0.15) is 11.4 Å². The maximum Gasteiger partial charge on any atom is 0.433 e. The molecule has 0 bridgehead atoms. The fourth-order valence-corrected chi connectivity index (χ4v) is 1.48. The molecule has 0 atom stereocenters. The number of hydrogen-bond donors (Lipinski definition) is 1. The first-order valence-electron chi connectivity index (χ1n) is 5.10. The second-order valence-electron chi connectivity index (χ2n) is 3.62. The third kappa shape index (κ3) is 2.65. The standard InChI is InChI=1S/C12H9F3N2O/c13-12(14,15)11-2-1-9(6-17-11)8-3-4-16-10(5-8)7-18/h1-6,18H,7H2. The van der Waals surface area contributed by atoms with Crippen molar-refractivity contribution in [3.8, 4) is 11.1 Å². The van der Waals surface area contributed by atoms with Gasteiger partial charge in [-0.05, 0) is 23.8 Å². The highest BCUT2D eigenvalue weighted by atomic mass is 19.4. The fraction of sp³-hybridized carbons (Fsp3) is 0.167. The van der Waals surface area contributed by atoms with Crippen LogP contribution in [0.25, 0.3) is 11.1 Å². The third-order valence-corrected chi connectivity index (χ3v) is 2.37. The van der Waals surface area contributed by atoms with E-state index in [1.54, 1.807) is 12.1 Å². The second-order valence-corrected chi connectivity index (χ2v) is 3.62. The maximum absolute atomic E-state index is 12.3. The molecule has 0 aliphatic heterocycles. The molecule has 0 saturated carbocycles. The number of aliphatic hydroxyl groups excluding tert-OH is 1. The number of rotatable bonds is 2. The molecule has 0 aliphatic carbocycles. The first-order valence-corrected chi connectivity index (χ1v) is 5.10. The summed E-state index contributed by atoms with van der Waals surface area (Å²) in [6.07, 6.45) is -1.80. The summed E-state index contributed by atoms with van der Waals surface area (Å²) in [6.45, 7) is -0.220. The van der Waals surface area contributed by atoms with Gasteiger partial charge >= 0.3 is 6.18 Å². The summed E-state index contributed by atoms with van der Waals surface area (Å²) in [7, 11) is 0. The summed E-state index contributed by atoms with van der Waals surface area (Å²) in [6, 6.07) is 5.51.